The maximum atomic E-state index is 12.3. The van der Waals surface area contributed by atoms with Gasteiger partial charge >= 0.3 is 5.97 Å². The summed E-state index contributed by atoms with van der Waals surface area (Å²) in [6, 6.07) is 6.76. The summed E-state index contributed by atoms with van der Waals surface area (Å²) in [5.41, 5.74) is 0.699. The number of hydrogen-bond acceptors (Lipinski definition) is 4. The minimum absolute atomic E-state index is 0. The lowest BCUT2D eigenvalue weighted by Gasteiger charge is -2.34. The van der Waals surface area contributed by atoms with E-state index in [0.29, 0.717) is 18.7 Å². The summed E-state index contributed by atoms with van der Waals surface area (Å²) in [4.78, 5) is 25.3. The van der Waals surface area contributed by atoms with Gasteiger partial charge in [0.25, 0.3) is 0 Å². The summed E-state index contributed by atoms with van der Waals surface area (Å²) in [5.74, 6) is -0.569. The number of piperidine rings is 1. The molecule has 0 aromatic heterocycles. The van der Waals surface area contributed by atoms with Crippen molar-refractivity contribution in [3.05, 3.63) is 24.3 Å². The molecule has 1 amide bonds. The van der Waals surface area contributed by atoms with Crippen LogP contribution in [0, 0.1) is 5.92 Å². The average Bonchev–Trinajstić information content (AvgIpc) is 2.54. The summed E-state index contributed by atoms with van der Waals surface area (Å²) < 4.78 is 5.07. The first kappa shape index (κ1) is 19.3. The molecule has 1 saturated heterocycles. The van der Waals surface area contributed by atoms with Gasteiger partial charge in [0, 0.05) is 12.2 Å². The van der Waals surface area contributed by atoms with Crippen molar-refractivity contribution < 1.29 is 19.4 Å². The molecule has 7 heteroatoms. The van der Waals surface area contributed by atoms with Crippen LogP contribution in [0.5, 0.6) is 5.75 Å². The molecule has 128 valence electrons. The zero-order chi connectivity index (χ0) is 16.1. The third-order valence-corrected chi connectivity index (χ3v) is 4.09. The molecule has 0 bridgehead atoms. The Hall–Kier alpha value is -1.79. The second kappa shape index (κ2) is 8.74. The van der Waals surface area contributed by atoms with Crippen molar-refractivity contribution in [3.8, 4) is 5.75 Å². The highest BCUT2D eigenvalue weighted by molar-refractivity contribution is 5.94. The molecule has 0 radical (unpaired) electrons. The quantitative estimate of drug-likeness (QED) is 0.858. The molecule has 1 aliphatic heterocycles. The van der Waals surface area contributed by atoms with Gasteiger partial charge in [0.2, 0.25) is 5.91 Å². The van der Waals surface area contributed by atoms with Crippen molar-refractivity contribution in [3.63, 3.8) is 0 Å². The summed E-state index contributed by atoms with van der Waals surface area (Å²) in [6.45, 7) is 2.98. The number of carbonyl (C=O) groups is 2. The van der Waals surface area contributed by atoms with E-state index in [4.69, 9.17) is 9.84 Å². The van der Waals surface area contributed by atoms with E-state index >= 15 is 0 Å². The molecule has 0 saturated carbocycles. The van der Waals surface area contributed by atoms with Gasteiger partial charge in [0.05, 0.1) is 19.1 Å². The minimum Gasteiger partial charge on any atom is -0.497 e. The number of anilines is 1. The summed E-state index contributed by atoms with van der Waals surface area (Å²) >= 11 is 0. The lowest BCUT2D eigenvalue weighted by molar-refractivity contribution is -0.144. The van der Waals surface area contributed by atoms with E-state index in [2.05, 4.69) is 5.32 Å². The molecule has 23 heavy (non-hydrogen) atoms. The van der Waals surface area contributed by atoms with Gasteiger partial charge in [0.15, 0.2) is 0 Å². The number of amides is 1. The van der Waals surface area contributed by atoms with Gasteiger partial charge in [-0.2, -0.15) is 0 Å². The van der Waals surface area contributed by atoms with Gasteiger partial charge in [-0.3, -0.25) is 14.5 Å². The third kappa shape index (κ3) is 5.11. The predicted molar refractivity (Wildman–Crippen MR) is 90.3 cm³/mol. The third-order valence-electron chi connectivity index (χ3n) is 4.09. The molecule has 6 nitrogen and oxygen atoms in total. The lowest BCUT2D eigenvalue weighted by Crippen LogP contribution is -2.48. The molecule has 2 N–H and O–H groups in total. The van der Waals surface area contributed by atoms with Crippen molar-refractivity contribution >= 4 is 30.0 Å². The first-order valence-corrected chi connectivity index (χ1v) is 7.43. The first-order valence-electron chi connectivity index (χ1n) is 7.43. The van der Waals surface area contributed by atoms with Crippen LogP contribution in [0.4, 0.5) is 5.69 Å². The Morgan fingerprint density at radius 3 is 2.57 bits per heavy atom. The van der Waals surface area contributed by atoms with Crippen LogP contribution in [0.1, 0.15) is 19.8 Å². The van der Waals surface area contributed by atoms with Crippen molar-refractivity contribution in [1.29, 1.82) is 0 Å². The summed E-state index contributed by atoms with van der Waals surface area (Å²) in [5, 5.41) is 12.0. The first-order chi connectivity index (χ1) is 10.5. The molecule has 1 aromatic carbocycles. The van der Waals surface area contributed by atoms with E-state index in [-0.39, 0.29) is 30.3 Å². The van der Waals surface area contributed by atoms with Crippen LogP contribution in [0.2, 0.25) is 0 Å². The zero-order valence-electron chi connectivity index (χ0n) is 13.3. The molecular formula is C16H23ClN2O4. The van der Waals surface area contributed by atoms with Crippen molar-refractivity contribution in [2.45, 2.75) is 25.8 Å². The van der Waals surface area contributed by atoms with Gasteiger partial charge in [-0.05, 0) is 50.6 Å². The predicted octanol–water partition coefficient (Wildman–Crippen LogP) is 2.24. The Morgan fingerprint density at radius 1 is 1.35 bits per heavy atom. The van der Waals surface area contributed by atoms with Crippen molar-refractivity contribution in [1.82, 2.24) is 4.90 Å². The maximum Gasteiger partial charge on any atom is 0.307 e. The molecule has 2 atom stereocenters. The van der Waals surface area contributed by atoms with Crippen molar-refractivity contribution in [2.75, 3.05) is 25.5 Å². The second-order valence-electron chi connectivity index (χ2n) is 5.57. The Balaban J connectivity index is 0.00000264. The molecule has 0 spiro atoms. The summed E-state index contributed by atoms with van der Waals surface area (Å²) in [6.07, 6.45) is 1.48. The van der Waals surface area contributed by atoms with Gasteiger partial charge in [-0.25, -0.2) is 0 Å². The average molecular weight is 343 g/mol. The number of ether oxygens (including phenoxy) is 1. The Morgan fingerprint density at radius 2 is 2.00 bits per heavy atom. The zero-order valence-corrected chi connectivity index (χ0v) is 14.1. The van der Waals surface area contributed by atoms with Crippen LogP contribution in [-0.4, -0.2) is 48.1 Å². The fourth-order valence-corrected chi connectivity index (χ4v) is 2.65. The molecule has 1 aromatic rings. The van der Waals surface area contributed by atoms with E-state index in [1.165, 1.54) is 0 Å². The number of carbonyl (C=O) groups excluding carboxylic acids is 1. The Labute approximate surface area is 142 Å². The number of benzene rings is 1. The second-order valence-corrected chi connectivity index (χ2v) is 5.57. The highest BCUT2D eigenvalue weighted by Gasteiger charge is 2.30. The molecule has 1 heterocycles. The van der Waals surface area contributed by atoms with Crippen LogP contribution < -0.4 is 10.1 Å². The van der Waals surface area contributed by atoms with Gasteiger partial charge < -0.3 is 15.2 Å². The van der Waals surface area contributed by atoms with E-state index in [1.807, 2.05) is 11.8 Å². The molecule has 0 aliphatic carbocycles. The molecule has 2 rings (SSSR count). The van der Waals surface area contributed by atoms with E-state index in [9.17, 15) is 9.59 Å². The number of nitrogens with zero attached hydrogens (tertiary/aromatic N) is 1. The highest BCUT2D eigenvalue weighted by atomic mass is 35.5. The maximum absolute atomic E-state index is 12.3. The molecule has 2 unspecified atom stereocenters. The van der Waals surface area contributed by atoms with Crippen LogP contribution in [-0.2, 0) is 9.59 Å². The van der Waals surface area contributed by atoms with Gasteiger partial charge in [0.1, 0.15) is 5.75 Å². The normalized spacial score (nSPS) is 19.3. The minimum atomic E-state index is -0.785. The lowest BCUT2D eigenvalue weighted by atomic mass is 9.97. The Bertz CT molecular complexity index is 535. The van der Waals surface area contributed by atoms with E-state index < -0.39 is 5.97 Å². The Kier molecular flexibility index (Phi) is 7.32. The molecule has 1 aliphatic rings. The van der Waals surface area contributed by atoms with Crippen LogP contribution in [0.25, 0.3) is 0 Å². The largest absolute Gasteiger partial charge is 0.497 e. The summed E-state index contributed by atoms with van der Waals surface area (Å²) in [7, 11) is 1.59. The number of carboxylic acid groups (broad SMARTS) is 1. The SMILES string of the molecule is COc1ccc(NC(=O)C(C)N2CCCC(C(=O)O)C2)cc1.Cl. The number of nitrogens with one attached hydrogen (secondary N) is 1. The number of likely N-dealkylation sites (tertiary alicyclic amines) is 1. The fraction of sp³-hybridized carbons (Fsp3) is 0.500. The number of rotatable bonds is 5. The van der Waals surface area contributed by atoms with Crippen LogP contribution in [0.15, 0.2) is 24.3 Å². The monoisotopic (exact) mass is 342 g/mol. The number of halogens is 1. The van der Waals surface area contributed by atoms with E-state index in [1.54, 1.807) is 31.4 Å². The standard InChI is InChI=1S/C16H22N2O4.ClH/c1-11(18-9-3-4-12(10-18)16(20)21)15(19)17-13-5-7-14(22-2)8-6-13;/h5-8,11-12H,3-4,9-10H2,1-2H3,(H,17,19)(H,20,21);1H. The number of carboxylic acids is 1. The smallest absolute Gasteiger partial charge is 0.307 e. The van der Waals surface area contributed by atoms with Crippen LogP contribution >= 0.6 is 12.4 Å². The topological polar surface area (TPSA) is 78.9 Å². The van der Waals surface area contributed by atoms with Crippen LogP contribution in [0.3, 0.4) is 0 Å². The number of hydrogen-bond donors (Lipinski definition) is 2. The highest BCUT2D eigenvalue weighted by Crippen LogP contribution is 2.20. The van der Waals surface area contributed by atoms with Gasteiger partial charge in [-0.1, -0.05) is 0 Å². The van der Waals surface area contributed by atoms with Crippen molar-refractivity contribution in [2.24, 2.45) is 5.92 Å². The number of methoxy groups -OCH3 is 1. The fourth-order valence-electron chi connectivity index (χ4n) is 2.65. The molecule has 1 fully saturated rings. The molecular weight excluding hydrogens is 320 g/mol. The van der Waals surface area contributed by atoms with Gasteiger partial charge in [-0.15, -0.1) is 12.4 Å². The number of aliphatic carboxylic acids is 1. The van der Waals surface area contributed by atoms with E-state index in [0.717, 1.165) is 18.7 Å².